The van der Waals surface area contributed by atoms with Crippen LogP contribution in [0.3, 0.4) is 0 Å². The highest BCUT2D eigenvalue weighted by atomic mass is 16.5. The number of aromatic nitrogens is 3. The number of nitrogens with zero attached hydrogens (tertiary/aromatic N) is 2. The summed E-state index contributed by atoms with van der Waals surface area (Å²) in [5.41, 5.74) is 5.06. The number of hydrogen-bond donors (Lipinski definition) is 1. The first-order valence-corrected chi connectivity index (χ1v) is 5.52. The molecule has 0 amide bonds. The molecule has 2 heterocycles. The third-order valence-electron chi connectivity index (χ3n) is 3.32. The quantitative estimate of drug-likeness (QED) is 0.752. The van der Waals surface area contributed by atoms with Gasteiger partial charge in [0, 0.05) is 18.3 Å². The van der Waals surface area contributed by atoms with E-state index in [9.17, 15) is 4.79 Å². The predicted molar refractivity (Wildman–Crippen MR) is 61.7 cm³/mol. The highest BCUT2D eigenvalue weighted by Gasteiger charge is 2.25. The average molecular weight is 231 g/mol. The third-order valence-corrected chi connectivity index (χ3v) is 3.32. The smallest absolute Gasteiger partial charge is 0.354 e. The van der Waals surface area contributed by atoms with Crippen molar-refractivity contribution < 1.29 is 9.53 Å². The van der Waals surface area contributed by atoms with Crippen molar-refractivity contribution in [3.8, 4) is 11.3 Å². The Bertz CT molecular complexity index is 595. The van der Waals surface area contributed by atoms with E-state index in [0.29, 0.717) is 5.69 Å². The van der Waals surface area contributed by atoms with Gasteiger partial charge in [0.05, 0.1) is 19.0 Å². The van der Waals surface area contributed by atoms with Crippen LogP contribution >= 0.6 is 0 Å². The maximum Gasteiger partial charge on any atom is 0.354 e. The number of carbonyl (C=O) groups is 1. The topological polar surface area (TPSA) is 59.9 Å². The van der Waals surface area contributed by atoms with E-state index in [-0.39, 0.29) is 5.97 Å². The Morgan fingerprint density at radius 1 is 1.53 bits per heavy atom. The van der Waals surface area contributed by atoms with Gasteiger partial charge in [-0.15, -0.1) is 0 Å². The highest BCUT2D eigenvalue weighted by Crippen LogP contribution is 2.34. The van der Waals surface area contributed by atoms with Crippen molar-refractivity contribution >= 4 is 5.97 Å². The fourth-order valence-corrected chi connectivity index (χ4v) is 2.48. The minimum absolute atomic E-state index is 0.299. The molecule has 2 aromatic rings. The van der Waals surface area contributed by atoms with Gasteiger partial charge in [0.1, 0.15) is 5.69 Å². The Morgan fingerprint density at radius 2 is 2.35 bits per heavy atom. The van der Waals surface area contributed by atoms with Crippen LogP contribution in [-0.2, 0) is 24.6 Å². The van der Waals surface area contributed by atoms with Gasteiger partial charge in [0.15, 0.2) is 0 Å². The number of nitrogens with one attached hydrogen (secondary N) is 1. The lowest BCUT2D eigenvalue weighted by molar-refractivity contribution is 0.0590. The molecule has 17 heavy (non-hydrogen) atoms. The molecular formula is C12H13N3O2. The lowest BCUT2D eigenvalue weighted by Gasteiger charge is -2.13. The second-order valence-corrected chi connectivity index (χ2v) is 4.22. The van der Waals surface area contributed by atoms with E-state index in [4.69, 9.17) is 4.74 Å². The van der Waals surface area contributed by atoms with Gasteiger partial charge in [-0.05, 0) is 24.5 Å². The normalized spacial score (nSPS) is 13.1. The maximum atomic E-state index is 11.6. The zero-order chi connectivity index (χ0) is 12.0. The molecule has 5 heteroatoms. The van der Waals surface area contributed by atoms with Crippen molar-refractivity contribution in [2.75, 3.05) is 7.11 Å². The molecule has 0 atom stereocenters. The lowest BCUT2D eigenvalue weighted by Crippen LogP contribution is -2.09. The summed E-state index contributed by atoms with van der Waals surface area (Å²) >= 11 is 0. The average Bonchev–Trinajstić information content (AvgIpc) is 2.92. The van der Waals surface area contributed by atoms with Crippen LogP contribution < -0.4 is 0 Å². The summed E-state index contributed by atoms with van der Waals surface area (Å²) in [6.07, 6.45) is 3.68. The molecule has 3 rings (SSSR count). The van der Waals surface area contributed by atoms with Gasteiger partial charge in [-0.1, -0.05) is 0 Å². The van der Waals surface area contributed by atoms with Gasteiger partial charge in [0.25, 0.3) is 0 Å². The Labute approximate surface area is 98.4 Å². The number of carbonyl (C=O) groups excluding carboxylic acids is 1. The first-order valence-electron chi connectivity index (χ1n) is 5.52. The Kier molecular flexibility index (Phi) is 2.07. The molecular weight excluding hydrogens is 218 g/mol. The zero-order valence-electron chi connectivity index (χ0n) is 9.78. The van der Waals surface area contributed by atoms with Crippen molar-refractivity contribution in [2.45, 2.75) is 12.8 Å². The standard InChI is InChI=1S/C12H13N3O2/c1-15-10(12(16)17-2)5-7-3-4-9-8(11(7)15)6-13-14-9/h5-6H,3-4H2,1-2H3,(H,13,14). The SMILES string of the molecule is COC(=O)c1cc2c(n1C)-c1cn[nH]c1CC2. The number of methoxy groups -OCH3 is 1. The molecule has 0 spiro atoms. The van der Waals surface area contributed by atoms with E-state index in [1.165, 1.54) is 12.7 Å². The fraction of sp³-hybridized carbons (Fsp3) is 0.333. The number of aromatic amines is 1. The Balaban J connectivity index is 2.21. The van der Waals surface area contributed by atoms with Crippen LogP contribution in [0.25, 0.3) is 11.3 Å². The number of fused-ring (bicyclic) bond motifs is 3. The number of ether oxygens (including phenoxy) is 1. The van der Waals surface area contributed by atoms with E-state index in [1.54, 1.807) is 0 Å². The summed E-state index contributed by atoms with van der Waals surface area (Å²) < 4.78 is 6.66. The van der Waals surface area contributed by atoms with E-state index < -0.39 is 0 Å². The molecule has 0 unspecified atom stereocenters. The summed E-state index contributed by atoms with van der Waals surface area (Å²) in [7, 11) is 3.28. The van der Waals surface area contributed by atoms with Crippen molar-refractivity contribution in [1.82, 2.24) is 14.8 Å². The molecule has 0 aromatic carbocycles. The van der Waals surface area contributed by atoms with Crippen LogP contribution in [0.2, 0.25) is 0 Å². The first-order chi connectivity index (χ1) is 8.22. The maximum absolute atomic E-state index is 11.6. The van der Waals surface area contributed by atoms with Gasteiger partial charge in [0.2, 0.25) is 0 Å². The number of esters is 1. The second-order valence-electron chi connectivity index (χ2n) is 4.22. The van der Waals surface area contributed by atoms with E-state index in [1.807, 2.05) is 23.9 Å². The largest absolute Gasteiger partial charge is 0.464 e. The molecule has 5 nitrogen and oxygen atoms in total. The molecule has 1 aliphatic rings. The monoisotopic (exact) mass is 231 g/mol. The van der Waals surface area contributed by atoms with Crippen molar-refractivity contribution in [1.29, 1.82) is 0 Å². The van der Waals surface area contributed by atoms with Crippen LogP contribution in [0.1, 0.15) is 21.7 Å². The molecule has 2 aromatic heterocycles. The van der Waals surface area contributed by atoms with E-state index in [0.717, 1.165) is 29.8 Å². The van der Waals surface area contributed by atoms with Gasteiger partial charge in [-0.2, -0.15) is 5.10 Å². The lowest BCUT2D eigenvalue weighted by atomic mass is 9.96. The molecule has 88 valence electrons. The van der Waals surface area contributed by atoms with Crippen LogP contribution in [0.5, 0.6) is 0 Å². The van der Waals surface area contributed by atoms with Crippen LogP contribution in [0.4, 0.5) is 0 Å². The van der Waals surface area contributed by atoms with Gasteiger partial charge in [-0.25, -0.2) is 4.79 Å². The molecule has 0 fully saturated rings. The Hall–Kier alpha value is -2.04. The van der Waals surface area contributed by atoms with Gasteiger partial charge >= 0.3 is 5.97 Å². The number of H-pyrrole nitrogens is 1. The van der Waals surface area contributed by atoms with E-state index >= 15 is 0 Å². The molecule has 0 bridgehead atoms. The third kappa shape index (κ3) is 1.32. The zero-order valence-corrected chi connectivity index (χ0v) is 9.78. The first kappa shape index (κ1) is 10.1. The predicted octanol–water partition coefficient (Wildman–Crippen LogP) is 1.30. The van der Waals surface area contributed by atoms with Gasteiger partial charge in [-0.3, -0.25) is 5.10 Å². The summed E-state index contributed by atoms with van der Waals surface area (Å²) in [6, 6.07) is 1.91. The minimum atomic E-state index is -0.299. The van der Waals surface area contributed by atoms with E-state index in [2.05, 4.69) is 10.2 Å². The second kappa shape index (κ2) is 3.48. The number of aryl methyl sites for hydroxylation is 2. The summed E-state index contributed by atoms with van der Waals surface area (Å²) in [5.74, 6) is -0.299. The van der Waals surface area contributed by atoms with Crippen LogP contribution in [0.15, 0.2) is 12.3 Å². The molecule has 0 radical (unpaired) electrons. The molecule has 1 N–H and O–H groups in total. The molecule has 0 saturated carbocycles. The summed E-state index contributed by atoms with van der Waals surface area (Å²) in [4.78, 5) is 11.6. The Morgan fingerprint density at radius 3 is 3.12 bits per heavy atom. The van der Waals surface area contributed by atoms with Crippen LogP contribution in [-0.4, -0.2) is 27.8 Å². The highest BCUT2D eigenvalue weighted by molar-refractivity contribution is 5.90. The van der Waals surface area contributed by atoms with Crippen molar-refractivity contribution in [2.24, 2.45) is 7.05 Å². The molecule has 0 saturated heterocycles. The summed E-state index contributed by atoms with van der Waals surface area (Å²) in [5, 5.41) is 7.06. The summed E-state index contributed by atoms with van der Waals surface area (Å²) in [6.45, 7) is 0. The van der Waals surface area contributed by atoms with Crippen LogP contribution in [0, 0.1) is 0 Å². The number of hydrogen-bond acceptors (Lipinski definition) is 3. The minimum Gasteiger partial charge on any atom is -0.464 e. The fourth-order valence-electron chi connectivity index (χ4n) is 2.48. The molecule has 0 aliphatic heterocycles. The van der Waals surface area contributed by atoms with Crippen molar-refractivity contribution in [3.05, 3.63) is 29.2 Å². The van der Waals surface area contributed by atoms with Crippen molar-refractivity contribution in [3.63, 3.8) is 0 Å². The molecule has 1 aliphatic carbocycles. The van der Waals surface area contributed by atoms with Gasteiger partial charge < -0.3 is 9.30 Å². The number of rotatable bonds is 1.